The monoisotopic (exact) mass is 210 g/mol. The van der Waals surface area contributed by atoms with Crippen molar-refractivity contribution in [3.8, 4) is 0 Å². The topological polar surface area (TPSA) is 55.1 Å². The average Bonchev–Trinajstić information content (AvgIpc) is 2.99. The minimum absolute atomic E-state index is 0.284. The van der Waals surface area contributed by atoms with Gasteiger partial charge in [0.2, 0.25) is 5.91 Å². The van der Waals surface area contributed by atoms with Crippen LogP contribution in [0.3, 0.4) is 0 Å². The van der Waals surface area contributed by atoms with E-state index in [2.05, 4.69) is 12.2 Å². The Morgan fingerprint density at radius 2 is 2.00 bits per heavy atom. The smallest absolute Gasteiger partial charge is 0.223 e. The average molecular weight is 210 g/mol. The van der Waals surface area contributed by atoms with Crippen LogP contribution >= 0.6 is 0 Å². The Labute approximate surface area is 91.8 Å². The molecule has 0 heterocycles. The van der Waals surface area contributed by atoms with Gasteiger partial charge in [-0.2, -0.15) is 0 Å². The van der Waals surface area contributed by atoms with Crippen molar-refractivity contribution in [2.24, 2.45) is 29.4 Å². The highest BCUT2D eigenvalue weighted by molar-refractivity contribution is 5.82. The van der Waals surface area contributed by atoms with Gasteiger partial charge < -0.3 is 11.1 Å². The molecule has 0 aromatic rings. The van der Waals surface area contributed by atoms with E-state index in [0.29, 0.717) is 30.2 Å². The lowest BCUT2D eigenvalue weighted by molar-refractivity contribution is -0.123. The van der Waals surface area contributed by atoms with Crippen LogP contribution in [-0.2, 0) is 4.79 Å². The lowest BCUT2D eigenvalue weighted by atomic mass is 10.0. The van der Waals surface area contributed by atoms with Gasteiger partial charge in [-0.15, -0.1) is 0 Å². The fourth-order valence-electron chi connectivity index (χ4n) is 2.86. The molecule has 0 bridgehead atoms. The fourth-order valence-corrected chi connectivity index (χ4v) is 2.86. The molecular weight excluding hydrogens is 188 g/mol. The highest BCUT2D eigenvalue weighted by Crippen LogP contribution is 2.55. The summed E-state index contributed by atoms with van der Waals surface area (Å²) in [6.45, 7) is 3.46. The van der Waals surface area contributed by atoms with Crippen molar-refractivity contribution in [3.05, 3.63) is 0 Å². The van der Waals surface area contributed by atoms with Crippen LogP contribution in [-0.4, -0.2) is 19.0 Å². The van der Waals surface area contributed by atoms with E-state index >= 15 is 0 Å². The molecule has 0 radical (unpaired) electrons. The summed E-state index contributed by atoms with van der Waals surface area (Å²) in [5.41, 5.74) is 5.52. The molecule has 2 fully saturated rings. The fraction of sp³-hybridized carbons (Fsp3) is 0.917. The standard InChI is InChI=1S/C12H22N2O/c1-8(6-13)7-14-12(15)11-9-4-2-3-5-10(9)11/h8-11H,2-7,13H2,1H3,(H,14,15). The van der Waals surface area contributed by atoms with Gasteiger partial charge in [0.1, 0.15) is 0 Å². The molecule has 0 spiro atoms. The normalized spacial score (nSPS) is 35.5. The highest BCUT2D eigenvalue weighted by atomic mass is 16.2. The van der Waals surface area contributed by atoms with E-state index in [0.717, 1.165) is 6.54 Å². The van der Waals surface area contributed by atoms with Crippen LogP contribution < -0.4 is 11.1 Å². The lowest BCUT2D eigenvalue weighted by Gasteiger charge is -2.09. The Bertz CT molecular complexity index is 230. The first-order valence-electron chi connectivity index (χ1n) is 6.21. The molecule has 2 aliphatic rings. The molecule has 0 aromatic carbocycles. The van der Waals surface area contributed by atoms with Crippen LogP contribution in [0.1, 0.15) is 32.6 Å². The summed E-state index contributed by atoms with van der Waals surface area (Å²) in [6, 6.07) is 0. The van der Waals surface area contributed by atoms with E-state index < -0.39 is 0 Å². The zero-order chi connectivity index (χ0) is 10.8. The van der Waals surface area contributed by atoms with E-state index in [1.807, 2.05) is 0 Å². The van der Waals surface area contributed by atoms with Crippen LogP contribution in [0.25, 0.3) is 0 Å². The molecular formula is C12H22N2O. The second kappa shape index (κ2) is 4.52. The zero-order valence-corrected chi connectivity index (χ0v) is 9.54. The number of carbonyl (C=O) groups is 1. The second-order valence-electron chi connectivity index (χ2n) is 5.22. The second-order valence-corrected chi connectivity index (χ2v) is 5.22. The molecule has 0 saturated heterocycles. The van der Waals surface area contributed by atoms with Crippen molar-refractivity contribution in [1.29, 1.82) is 0 Å². The number of rotatable bonds is 4. The first kappa shape index (κ1) is 10.9. The molecule has 2 rings (SSSR count). The Hall–Kier alpha value is -0.570. The molecule has 3 N–H and O–H groups in total. The third-order valence-electron chi connectivity index (χ3n) is 3.99. The maximum atomic E-state index is 11.8. The van der Waals surface area contributed by atoms with Gasteiger partial charge in [0, 0.05) is 12.5 Å². The Morgan fingerprint density at radius 3 is 2.53 bits per heavy atom. The first-order valence-corrected chi connectivity index (χ1v) is 6.21. The van der Waals surface area contributed by atoms with Gasteiger partial charge in [0.05, 0.1) is 0 Å². The maximum absolute atomic E-state index is 11.8. The Morgan fingerprint density at radius 1 is 1.40 bits per heavy atom. The van der Waals surface area contributed by atoms with Gasteiger partial charge in [-0.3, -0.25) is 4.79 Å². The number of fused-ring (bicyclic) bond motifs is 1. The Balaban J connectivity index is 1.73. The quantitative estimate of drug-likeness (QED) is 0.731. The molecule has 86 valence electrons. The largest absolute Gasteiger partial charge is 0.356 e. The van der Waals surface area contributed by atoms with Crippen molar-refractivity contribution >= 4 is 5.91 Å². The van der Waals surface area contributed by atoms with E-state index in [9.17, 15) is 4.79 Å². The van der Waals surface area contributed by atoms with Crippen LogP contribution in [0, 0.1) is 23.7 Å². The van der Waals surface area contributed by atoms with Crippen LogP contribution in [0.4, 0.5) is 0 Å². The van der Waals surface area contributed by atoms with Gasteiger partial charge >= 0.3 is 0 Å². The van der Waals surface area contributed by atoms with Crippen molar-refractivity contribution in [1.82, 2.24) is 5.32 Å². The molecule has 3 nitrogen and oxygen atoms in total. The molecule has 15 heavy (non-hydrogen) atoms. The van der Waals surface area contributed by atoms with Gasteiger partial charge in [0.15, 0.2) is 0 Å². The number of hydrogen-bond donors (Lipinski definition) is 2. The van der Waals surface area contributed by atoms with Gasteiger partial charge in [-0.1, -0.05) is 19.8 Å². The number of carbonyl (C=O) groups excluding carboxylic acids is 1. The van der Waals surface area contributed by atoms with E-state index in [1.165, 1.54) is 25.7 Å². The minimum Gasteiger partial charge on any atom is -0.356 e. The zero-order valence-electron chi connectivity index (χ0n) is 9.54. The summed E-state index contributed by atoms with van der Waals surface area (Å²) < 4.78 is 0. The number of nitrogens with two attached hydrogens (primary N) is 1. The molecule has 2 saturated carbocycles. The predicted molar refractivity (Wildman–Crippen MR) is 60.2 cm³/mol. The molecule has 3 atom stereocenters. The number of hydrogen-bond acceptors (Lipinski definition) is 2. The summed E-state index contributed by atoms with van der Waals surface area (Å²) in [6.07, 6.45) is 5.19. The lowest BCUT2D eigenvalue weighted by Crippen LogP contribution is -2.32. The van der Waals surface area contributed by atoms with E-state index in [1.54, 1.807) is 0 Å². The third-order valence-corrected chi connectivity index (χ3v) is 3.99. The maximum Gasteiger partial charge on any atom is 0.223 e. The summed E-state index contributed by atoms with van der Waals surface area (Å²) in [5.74, 6) is 2.46. The van der Waals surface area contributed by atoms with E-state index in [4.69, 9.17) is 5.73 Å². The molecule has 3 heteroatoms. The van der Waals surface area contributed by atoms with Gasteiger partial charge in [0.25, 0.3) is 0 Å². The van der Waals surface area contributed by atoms with Crippen LogP contribution in [0.5, 0.6) is 0 Å². The minimum atomic E-state index is 0.284. The van der Waals surface area contributed by atoms with Crippen LogP contribution in [0.15, 0.2) is 0 Å². The molecule has 0 aromatic heterocycles. The van der Waals surface area contributed by atoms with Crippen LogP contribution in [0.2, 0.25) is 0 Å². The van der Waals surface area contributed by atoms with Crippen molar-refractivity contribution < 1.29 is 4.79 Å². The molecule has 0 aliphatic heterocycles. The summed E-state index contributed by atoms with van der Waals surface area (Å²) >= 11 is 0. The summed E-state index contributed by atoms with van der Waals surface area (Å²) in [5, 5.41) is 3.03. The predicted octanol–water partition coefficient (Wildman–Crippen LogP) is 1.13. The van der Waals surface area contributed by atoms with Crippen molar-refractivity contribution in [3.63, 3.8) is 0 Å². The summed E-state index contributed by atoms with van der Waals surface area (Å²) in [4.78, 5) is 11.8. The van der Waals surface area contributed by atoms with Crippen molar-refractivity contribution in [2.45, 2.75) is 32.6 Å². The molecule has 2 aliphatic carbocycles. The van der Waals surface area contributed by atoms with Crippen molar-refractivity contribution in [2.75, 3.05) is 13.1 Å². The number of nitrogens with one attached hydrogen (secondary N) is 1. The Kier molecular flexibility index (Phi) is 3.29. The first-order chi connectivity index (χ1) is 7.24. The van der Waals surface area contributed by atoms with Gasteiger partial charge in [-0.25, -0.2) is 0 Å². The van der Waals surface area contributed by atoms with E-state index in [-0.39, 0.29) is 5.91 Å². The van der Waals surface area contributed by atoms with Gasteiger partial charge in [-0.05, 0) is 37.1 Å². The number of amides is 1. The highest BCUT2D eigenvalue weighted by Gasteiger charge is 2.54. The molecule has 3 unspecified atom stereocenters. The molecule has 1 amide bonds. The summed E-state index contributed by atoms with van der Waals surface area (Å²) in [7, 11) is 0. The third kappa shape index (κ3) is 2.33. The SMILES string of the molecule is CC(CN)CNC(=O)C1C2CCCCC21.